The zero-order valence-electron chi connectivity index (χ0n) is 2.42. The monoisotopic (exact) mass is 94.0 g/mol. The number of rotatable bonds is 1. The van der Waals surface area contributed by atoms with Gasteiger partial charge in [-0.2, -0.15) is 0 Å². The van der Waals surface area contributed by atoms with Crippen molar-refractivity contribution in [1.29, 1.82) is 0 Å². The van der Waals surface area contributed by atoms with Crippen LogP contribution in [0.25, 0.3) is 0 Å². The minimum atomic E-state index is -2.04. The molecule has 5 heavy (non-hydrogen) atoms. The van der Waals surface area contributed by atoms with Gasteiger partial charge in [0.05, 0.1) is 0 Å². The molecule has 0 saturated heterocycles. The van der Waals surface area contributed by atoms with Crippen LogP contribution in [0.4, 0.5) is 0 Å². The van der Waals surface area contributed by atoms with Gasteiger partial charge in [0.15, 0.2) is 0 Å². The Bertz CT molecular complexity index is 65.0. The lowest BCUT2D eigenvalue weighted by atomic mass is 12.0. The molecule has 0 heterocycles. The van der Waals surface area contributed by atoms with Crippen molar-refractivity contribution in [3.8, 4) is 0 Å². The average Bonchev–Trinajstić information content (AvgIpc) is 1.38. The zero-order chi connectivity index (χ0) is 4.28. The largest absolute Gasteiger partial charge is 0.262 e. The molecule has 1 N–H and O–H groups in total. The van der Waals surface area contributed by atoms with E-state index in [-0.39, 0.29) is 0 Å². The molecular formula is CH3O3P. The van der Waals surface area contributed by atoms with Crippen LogP contribution in [-0.2, 0) is 9.24 Å². The maximum absolute atomic E-state index is 9.38. The second-order valence-corrected chi connectivity index (χ2v) is 1.24. The molecule has 0 aromatic rings. The van der Waals surface area contributed by atoms with E-state index in [9.17, 15) is 4.57 Å². The Morgan fingerprint density at radius 3 is 2.20 bits per heavy atom. The molecule has 3 nitrogen and oxygen atoms in total. The van der Waals surface area contributed by atoms with Crippen LogP contribution in [0.15, 0.2) is 0 Å². The predicted molar refractivity (Wildman–Crippen MR) is 18.4 cm³/mol. The molecule has 0 amide bonds. The Labute approximate surface area is 29.6 Å². The lowest BCUT2D eigenvalue weighted by molar-refractivity contribution is -0.126. The maximum Gasteiger partial charge on any atom is 0.262 e. The fraction of sp³-hybridized carbons (Fsp3) is 0. The minimum absolute atomic E-state index is 2.04. The molecule has 0 aliphatic heterocycles. The fourth-order valence-electron chi connectivity index (χ4n) is 0. The van der Waals surface area contributed by atoms with Gasteiger partial charge in [-0.25, -0.2) is 9.82 Å². The van der Waals surface area contributed by atoms with E-state index >= 15 is 0 Å². The highest BCUT2D eigenvalue weighted by molar-refractivity contribution is 7.37. The van der Waals surface area contributed by atoms with E-state index in [1.54, 1.807) is 0 Å². The molecule has 0 aromatic carbocycles. The first-order chi connectivity index (χ1) is 2.27. The maximum atomic E-state index is 9.38. The molecule has 1 unspecified atom stereocenters. The molecule has 0 fully saturated rings. The second-order valence-electron chi connectivity index (χ2n) is 0.414. The van der Waals surface area contributed by atoms with E-state index < -0.39 is 7.65 Å². The molecule has 0 bridgehead atoms. The van der Waals surface area contributed by atoms with Crippen molar-refractivity contribution >= 4 is 14.0 Å². The van der Waals surface area contributed by atoms with Crippen LogP contribution in [0.5, 0.6) is 0 Å². The molecule has 1 atom stereocenters. The van der Waals surface area contributed by atoms with Crippen molar-refractivity contribution in [1.82, 2.24) is 0 Å². The zero-order valence-corrected chi connectivity index (χ0v) is 3.31. The topological polar surface area (TPSA) is 46.5 Å². The van der Waals surface area contributed by atoms with Crippen molar-refractivity contribution in [3.05, 3.63) is 0 Å². The van der Waals surface area contributed by atoms with Crippen LogP contribution in [0, 0.1) is 0 Å². The molecule has 0 aromatic heterocycles. The number of hydrogen-bond donors (Lipinski definition) is 1. The summed E-state index contributed by atoms with van der Waals surface area (Å²) in [6.07, 6.45) is 2.79. The van der Waals surface area contributed by atoms with Gasteiger partial charge in [-0.05, 0) is 6.30 Å². The molecule has 30 valence electrons. The number of hydrogen-bond acceptors (Lipinski definition) is 3. The third kappa shape index (κ3) is 3.89. The Hall–Kier alpha value is -0.110. The summed E-state index contributed by atoms with van der Waals surface area (Å²) in [7, 11) is -2.04. The summed E-state index contributed by atoms with van der Waals surface area (Å²) in [6.45, 7) is 0. The smallest absolute Gasteiger partial charge is 0.249 e. The summed E-state index contributed by atoms with van der Waals surface area (Å²) in [5.41, 5.74) is 0. The van der Waals surface area contributed by atoms with Gasteiger partial charge in [-0.15, -0.1) is 4.67 Å². The van der Waals surface area contributed by atoms with Crippen molar-refractivity contribution in [2.75, 3.05) is 0 Å². The van der Waals surface area contributed by atoms with Crippen LogP contribution in [0.2, 0.25) is 0 Å². The highest BCUT2D eigenvalue weighted by atomic mass is 31.1. The van der Waals surface area contributed by atoms with E-state index in [1.807, 2.05) is 0 Å². The SMILES string of the molecule is C=P(=O)OO. The summed E-state index contributed by atoms with van der Waals surface area (Å²) < 4.78 is 12.5. The lowest BCUT2D eigenvalue weighted by Crippen LogP contribution is -1.51. The molecule has 0 saturated carbocycles. The first kappa shape index (κ1) is 4.89. The normalized spacial score (nSPS) is 11.0. The Balaban J connectivity index is 3.23. The summed E-state index contributed by atoms with van der Waals surface area (Å²) >= 11 is 0. The van der Waals surface area contributed by atoms with E-state index in [0.717, 1.165) is 0 Å². The Morgan fingerprint density at radius 2 is 2.20 bits per heavy atom. The van der Waals surface area contributed by atoms with Crippen LogP contribution in [0.1, 0.15) is 0 Å². The second kappa shape index (κ2) is 2.15. The van der Waals surface area contributed by atoms with E-state index in [2.05, 4.69) is 11.0 Å². The average molecular weight is 94.0 g/mol. The van der Waals surface area contributed by atoms with Gasteiger partial charge >= 0.3 is 0 Å². The van der Waals surface area contributed by atoms with E-state index in [1.165, 1.54) is 0 Å². The van der Waals surface area contributed by atoms with E-state index in [0.29, 0.717) is 0 Å². The summed E-state index contributed by atoms with van der Waals surface area (Å²) in [4.78, 5) is 0. The summed E-state index contributed by atoms with van der Waals surface area (Å²) in [5.74, 6) is 0. The third-order valence-electron chi connectivity index (χ3n) is 0.0911. The van der Waals surface area contributed by atoms with Crippen molar-refractivity contribution in [3.63, 3.8) is 0 Å². The highest BCUT2D eigenvalue weighted by Gasteiger charge is 1.64. The quantitative estimate of drug-likeness (QED) is 0.295. The van der Waals surface area contributed by atoms with Gasteiger partial charge < -0.3 is 0 Å². The first-order valence-corrected chi connectivity index (χ1v) is 2.23. The summed E-state index contributed by atoms with van der Waals surface area (Å²) in [6, 6.07) is 0. The van der Waals surface area contributed by atoms with Crippen molar-refractivity contribution < 1.29 is 14.5 Å². The summed E-state index contributed by atoms with van der Waals surface area (Å²) in [5, 5.41) is 7.30. The van der Waals surface area contributed by atoms with Crippen LogP contribution < -0.4 is 0 Å². The van der Waals surface area contributed by atoms with E-state index in [4.69, 9.17) is 5.26 Å². The van der Waals surface area contributed by atoms with Crippen molar-refractivity contribution in [2.45, 2.75) is 0 Å². The first-order valence-electron chi connectivity index (χ1n) is 0.864. The molecule has 0 aliphatic carbocycles. The Morgan fingerprint density at radius 1 is 2.00 bits per heavy atom. The van der Waals surface area contributed by atoms with Crippen LogP contribution in [-0.4, -0.2) is 11.6 Å². The van der Waals surface area contributed by atoms with Gasteiger partial charge in [-0.3, -0.25) is 0 Å². The molecule has 4 heteroatoms. The van der Waals surface area contributed by atoms with Gasteiger partial charge in [0.1, 0.15) is 0 Å². The van der Waals surface area contributed by atoms with Gasteiger partial charge in [0, 0.05) is 0 Å². The van der Waals surface area contributed by atoms with Crippen LogP contribution in [0.3, 0.4) is 0 Å². The van der Waals surface area contributed by atoms with Gasteiger partial charge in [0.2, 0.25) is 0 Å². The standard InChI is InChI=1S/CH3O3P/c1-5(3)4-2/h2H,1H2. The molecule has 0 spiro atoms. The highest BCUT2D eigenvalue weighted by Crippen LogP contribution is 1.96. The predicted octanol–water partition coefficient (Wildman–Crippen LogP) is 0.650. The third-order valence-corrected chi connectivity index (χ3v) is 0.273. The van der Waals surface area contributed by atoms with Gasteiger partial charge in [0.25, 0.3) is 7.65 Å². The Kier molecular flexibility index (Phi) is 2.10. The molecule has 0 aliphatic rings. The van der Waals surface area contributed by atoms with Gasteiger partial charge in [-0.1, -0.05) is 0 Å². The molecular weight excluding hydrogens is 91.0 g/mol. The van der Waals surface area contributed by atoms with Crippen molar-refractivity contribution in [2.24, 2.45) is 0 Å². The lowest BCUT2D eigenvalue weighted by Gasteiger charge is -1.65. The molecule has 0 rings (SSSR count). The minimum Gasteiger partial charge on any atom is -0.249 e. The van der Waals surface area contributed by atoms with Crippen LogP contribution >= 0.6 is 7.65 Å². The molecule has 0 radical (unpaired) electrons. The fourth-order valence-corrected chi connectivity index (χ4v) is 0.